The van der Waals surface area contributed by atoms with Gasteiger partial charge in [-0.1, -0.05) is 32.1 Å². The summed E-state index contributed by atoms with van der Waals surface area (Å²) in [6, 6.07) is 3.55. The molecule has 0 radical (unpaired) electrons. The van der Waals surface area contributed by atoms with Crippen LogP contribution in [0.15, 0.2) is 18.3 Å². The molecule has 7 heteroatoms. The third kappa shape index (κ3) is 5.39. The third-order valence-corrected chi connectivity index (χ3v) is 6.25. The van der Waals surface area contributed by atoms with E-state index in [0.29, 0.717) is 41.9 Å². The van der Waals surface area contributed by atoms with Gasteiger partial charge in [0, 0.05) is 37.0 Å². The van der Waals surface area contributed by atoms with E-state index in [1.807, 2.05) is 11.9 Å². The maximum absolute atomic E-state index is 12.8. The lowest BCUT2D eigenvalue weighted by atomic mass is 9.86. The number of aryl methyl sites for hydroxylation is 1. The number of ether oxygens (including phenoxy) is 1. The van der Waals surface area contributed by atoms with E-state index in [0.717, 1.165) is 36.3 Å². The Labute approximate surface area is 183 Å². The third-order valence-electron chi connectivity index (χ3n) is 6.25. The Kier molecular flexibility index (Phi) is 7.12. The molecular weight excluding hydrogens is 392 g/mol. The van der Waals surface area contributed by atoms with Gasteiger partial charge in [-0.25, -0.2) is 9.97 Å². The molecule has 0 aromatic carbocycles. The van der Waals surface area contributed by atoms with Crippen molar-refractivity contribution in [2.24, 2.45) is 5.92 Å². The Morgan fingerprint density at radius 1 is 1.19 bits per heavy atom. The minimum absolute atomic E-state index is 0.0448. The van der Waals surface area contributed by atoms with E-state index in [-0.39, 0.29) is 13.2 Å². The van der Waals surface area contributed by atoms with Crippen LogP contribution in [0.4, 0.5) is 5.82 Å². The molecule has 2 aromatic rings. The molecule has 1 saturated carbocycles. The molecule has 166 valence electrons. The first kappa shape index (κ1) is 21.7. The number of anilines is 1. The van der Waals surface area contributed by atoms with Crippen LogP contribution in [0.2, 0.25) is 0 Å². The van der Waals surface area contributed by atoms with Crippen molar-refractivity contribution < 1.29 is 14.6 Å². The first-order valence-electron chi connectivity index (χ1n) is 11.5. The van der Waals surface area contributed by atoms with Gasteiger partial charge < -0.3 is 14.7 Å². The lowest BCUT2D eigenvalue weighted by molar-refractivity contribution is -0.118. The van der Waals surface area contributed by atoms with E-state index in [1.165, 1.54) is 32.1 Å². The van der Waals surface area contributed by atoms with Gasteiger partial charge >= 0.3 is 0 Å². The SMILES string of the molecule is CN(CC(=O)CC1CCCCC1)c1nc(-c2cc(OCCO)ccn2)nc2c1CCC2. The van der Waals surface area contributed by atoms with Gasteiger partial charge in [0.05, 0.1) is 13.2 Å². The Hall–Kier alpha value is -2.54. The van der Waals surface area contributed by atoms with E-state index in [9.17, 15) is 4.79 Å². The van der Waals surface area contributed by atoms with Crippen molar-refractivity contribution in [1.82, 2.24) is 15.0 Å². The quantitative estimate of drug-likeness (QED) is 0.660. The van der Waals surface area contributed by atoms with Crippen LogP contribution in [0.1, 0.15) is 56.2 Å². The van der Waals surface area contributed by atoms with E-state index in [1.54, 1.807) is 18.3 Å². The number of aliphatic hydroxyl groups is 1. The molecule has 0 spiro atoms. The van der Waals surface area contributed by atoms with Crippen molar-refractivity contribution in [2.75, 3.05) is 31.7 Å². The van der Waals surface area contributed by atoms with Crippen LogP contribution in [-0.4, -0.2) is 52.6 Å². The van der Waals surface area contributed by atoms with Crippen LogP contribution >= 0.6 is 0 Å². The van der Waals surface area contributed by atoms with Crippen molar-refractivity contribution >= 4 is 11.6 Å². The zero-order valence-corrected chi connectivity index (χ0v) is 18.3. The summed E-state index contributed by atoms with van der Waals surface area (Å²) in [7, 11) is 1.96. The second-order valence-corrected chi connectivity index (χ2v) is 8.70. The number of hydrogen-bond donors (Lipinski definition) is 1. The predicted octanol–water partition coefficient (Wildman–Crippen LogP) is 3.37. The van der Waals surface area contributed by atoms with E-state index < -0.39 is 0 Å². The summed E-state index contributed by atoms with van der Waals surface area (Å²) in [6.45, 7) is 0.564. The lowest BCUT2D eigenvalue weighted by Crippen LogP contribution is -2.29. The van der Waals surface area contributed by atoms with E-state index >= 15 is 0 Å². The number of rotatable bonds is 9. The summed E-state index contributed by atoms with van der Waals surface area (Å²) in [5.74, 6) is 2.86. The first-order chi connectivity index (χ1) is 15.1. The standard InChI is InChI=1S/C24H32N4O3/c1-28(16-18(30)14-17-6-3-2-4-7-17)24-20-8-5-9-21(20)26-23(27-24)22-15-19(10-11-25-22)31-13-12-29/h10-11,15,17,29H,2-9,12-14,16H2,1H3. The molecule has 1 N–H and O–H groups in total. The Balaban J connectivity index is 1.53. The Bertz CT molecular complexity index is 912. The number of fused-ring (bicyclic) bond motifs is 1. The zero-order chi connectivity index (χ0) is 21.6. The van der Waals surface area contributed by atoms with Gasteiger partial charge in [-0.05, 0) is 31.2 Å². The summed E-state index contributed by atoms with van der Waals surface area (Å²) in [6.07, 6.45) is 11.4. The van der Waals surface area contributed by atoms with Crippen molar-refractivity contribution in [2.45, 2.75) is 57.8 Å². The molecule has 2 aliphatic carbocycles. The van der Waals surface area contributed by atoms with E-state index in [2.05, 4.69) is 4.98 Å². The molecule has 2 aromatic heterocycles. The Morgan fingerprint density at radius 2 is 2.03 bits per heavy atom. The summed E-state index contributed by atoms with van der Waals surface area (Å²) in [5.41, 5.74) is 2.84. The van der Waals surface area contributed by atoms with Crippen LogP contribution < -0.4 is 9.64 Å². The molecular formula is C24H32N4O3. The smallest absolute Gasteiger partial charge is 0.180 e. The highest BCUT2D eigenvalue weighted by Crippen LogP contribution is 2.32. The topological polar surface area (TPSA) is 88.4 Å². The molecule has 7 nitrogen and oxygen atoms in total. The number of nitrogens with zero attached hydrogens (tertiary/aromatic N) is 4. The van der Waals surface area contributed by atoms with Gasteiger partial charge in [-0.2, -0.15) is 0 Å². The maximum Gasteiger partial charge on any atom is 0.180 e. The molecule has 0 saturated heterocycles. The monoisotopic (exact) mass is 424 g/mol. The molecule has 0 bridgehead atoms. The van der Waals surface area contributed by atoms with Crippen molar-refractivity contribution in [3.63, 3.8) is 0 Å². The van der Waals surface area contributed by atoms with Gasteiger partial charge in [0.2, 0.25) is 0 Å². The number of carbonyl (C=O) groups is 1. The van der Waals surface area contributed by atoms with Gasteiger partial charge in [0.1, 0.15) is 23.9 Å². The molecule has 2 heterocycles. The van der Waals surface area contributed by atoms with Crippen molar-refractivity contribution in [3.8, 4) is 17.3 Å². The molecule has 0 amide bonds. The molecule has 31 heavy (non-hydrogen) atoms. The summed E-state index contributed by atoms with van der Waals surface area (Å²) in [4.78, 5) is 28.8. The number of aliphatic hydroxyl groups excluding tert-OH is 1. The average Bonchev–Trinajstić information content (AvgIpc) is 3.26. The maximum atomic E-state index is 12.8. The second-order valence-electron chi connectivity index (χ2n) is 8.70. The highest BCUT2D eigenvalue weighted by Gasteiger charge is 2.24. The number of Topliss-reactive ketones (excluding diaryl/α,β-unsaturated/α-hetero) is 1. The van der Waals surface area contributed by atoms with Crippen LogP contribution in [-0.2, 0) is 17.6 Å². The van der Waals surface area contributed by atoms with Gasteiger partial charge in [0.15, 0.2) is 11.6 Å². The number of likely N-dealkylation sites (N-methyl/N-ethyl adjacent to an activating group) is 1. The number of carbonyl (C=O) groups excluding carboxylic acids is 1. The fraction of sp³-hybridized carbons (Fsp3) is 0.583. The van der Waals surface area contributed by atoms with Crippen LogP contribution in [0, 0.1) is 5.92 Å². The van der Waals surface area contributed by atoms with Crippen LogP contribution in [0.5, 0.6) is 5.75 Å². The molecule has 1 fully saturated rings. The second kappa shape index (κ2) is 10.2. The molecule has 0 atom stereocenters. The number of ketones is 1. The van der Waals surface area contributed by atoms with Gasteiger partial charge in [0.25, 0.3) is 0 Å². The minimum Gasteiger partial charge on any atom is -0.491 e. The minimum atomic E-state index is -0.0448. The summed E-state index contributed by atoms with van der Waals surface area (Å²) in [5, 5.41) is 8.99. The molecule has 2 aliphatic rings. The Morgan fingerprint density at radius 3 is 2.84 bits per heavy atom. The largest absolute Gasteiger partial charge is 0.491 e. The summed E-state index contributed by atoms with van der Waals surface area (Å²) < 4.78 is 5.51. The summed E-state index contributed by atoms with van der Waals surface area (Å²) >= 11 is 0. The number of hydrogen-bond acceptors (Lipinski definition) is 7. The molecule has 0 unspecified atom stereocenters. The van der Waals surface area contributed by atoms with Gasteiger partial charge in [-0.15, -0.1) is 0 Å². The highest BCUT2D eigenvalue weighted by molar-refractivity contribution is 5.83. The first-order valence-corrected chi connectivity index (χ1v) is 11.5. The predicted molar refractivity (Wildman–Crippen MR) is 119 cm³/mol. The lowest BCUT2D eigenvalue weighted by Gasteiger charge is -2.24. The highest BCUT2D eigenvalue weighted by atomic mass is 16.5. The van der Waals surface area contributed by atoms with Crippen LogP contribution in [0.3, 0.4) is 0 Å². The molecule has 4 rings (SSSR count). The van der Waals surface area contributed by atoms with Gasteiger partial charge in [-0.3, -0.25) is 9.78 Å². The number of aromatic nitrogens is 3. The van der Waals surface area contributed by atoms with Crippen LogP contribution in [0.25, 0.3) is 11.5 Å². The van der Waals surface area contributed by atoms with Crippen molar-refractivity contribution in [1.29, 1.82) is 0 Å². The fourth-order valence-electron chi connectivity index (χ4n) is 4.75. The van der Waals surface area contributed by atoms with Crippen molar-refractivity contribution in [3.05, 3.63) is 29.6 Å². The normalized spacial score (nSPS) is 16.2. The fourth-order valence-corrected chi connectivity index (χ4v) is 4.75. The average molecular weight is 425 g/mol. The molecule has 0 aliphatic heterocycles. The van der Waals surface area contributed by atoms with E-state index in [4.69, 9.17) is 19.8 Å². The number of pyridine rings is 1. The zero-order valence-electron chi connectivity index (χ0n) is 18.3.